The highest BCUT2D eigenvalue weighted by Crippen LogP contribution is 2.23. The smallest absolute Gasteiger partial charge is 0.123 e. The fourth-order valence-corrected chi connectivity index (χ4v) is 4.06. The lowest BCUT2D eigenvalue weighted by Gasteiger charge is -2.30. The summed E-state index contributed by atoms with van der Waals surface area (Å²) >= 11 is 1.85. The summed E-state index contributed by atoms with van der Waals surface area (Å²) in [6.45, 7) is 5.46. The molecule has 1 aliphatic heterocycles. The highest BCUT2D eigenvalue weighted by molar-refractivity contribution is 7.09. The predicted molar refractivity (Wildman–Crippen MR) is 104 cm³/mol. The van der Waals surface area contributed by atoms with Crippen molar-refractivity contribution in [2.24, 2.45) is 5.92 Å². The number of hydrogen-bond donors (Lipinski definition) is 1. The van der Waals surface area contributed by atoms with Gasteiger partial charge in [0.25, 0.3) is 0 Å². The first-order chi connectivity index (χ1) is 11.3. The minimum Gasteiger partial charge on any atom is -0.496 e. The Morgan fingerprint density at radius 2 is 1.92 bits per heavy atom. The fourth-order valence-electron chi connectivity index (χ4n) is 3.31. The molecule has 0 unspecified atom stereocenters. The third kappa shape index (κ3) is 5.49. The first kappa shape index (κ1) is 19.3. The van der Waals surface area contributed by atoms with Crippen molar-refractivity contribution in [3.63, 3.8) is 0 Å². The largest absolute Gasteiger partial charge is 0.496 e. The van der Waals surface area contributed by atoms with Gasteiger partial charge in [-0.15, -0.1) is 23.7 Å². The zero-order valence-electron chi connectivity index (χ0n) is 14.2. The lowest BCUT2D eigenvalue weighted by Crippen LogP contribution is -2.35. The lowest BCUT2D eigenvalue weighted by molar-refractivity contribution is 0.191. The maximum absolute atomic E-state index is 5.54. The number of para-hydroxylation sites is 1. The van der Waals surface area contributed by atoms with Crippen molar-refractivity contribution < 1.29 is 4.74 Å². The highest BCUT2D eigenvalue weighted by Gasteiger charge is 2.18. The SMILES string of the molecule is COc1ccccc1CN(Cc1cccs1)CC1CCNCC1.Cl. The van der Waals surface area contributed by atoms with Gasteiger partial charge in [-0.3, -0.25) is 4.90 Å². The molecule has 1 aromatic carbocycles. The van der Waals surface area contributed by atoms with Crippen molar-refractivity contribution in [2.75, 3.05) is 26.7 Å². The topological polar surface area (TPSA) is 24.5 Å². The summed E-state index contributed by atoms with van der Waals surface area (Å²) in [5, 5.41) is 5.63. The van der Waals surface area contributed by atoms with Crippen molar-refractivity contribution >= 4 is 23.7 Å². The monoisotopic (exact) mass is 366 g/mol. The highest BCUT2D eigenvalue weighted by atomic mass is 35.5. The number of rotatable bonds is 7. The van der Waals surface area contributed by atoms with Crippen molar-refractivity contribution in [3.8, 4) is 5.75 Å². The molecular weight excluding hydrogens is 340 g/mol. The number of methoxy groups -OCH3 is 1. The van der Waals surface area contributed by atoms with Crippen molar-refractivity contribution in [3.05, 3.63) is 52.2 Å². The molecule has 0 spiro atoms. The minimum atomic E-state index is 0. The normalized spacial score (nSPS) is 15.2. The zero-order valence-corrected chi connectivity index (χ0v) is 15.9. The van der Waals surface area contributed by atoms with E-state index >= 15 is 0 Å². The molecule has 0 radical (unpaired) electrons. The van der Waals surface area contributed by atoms with Gasteiger partial charge in [0, 0.05) is 30.1 Å². The standard InChI is InChI=1S/C19H26N2OS.ClH/c1-22-19-7-3-2-5-17(19)14-21(15-18-6-4-12-23-18)13-16-8-10-20-11-9-16;/h2-7,12,16,20H,8-11,13-15H2,1H3;1H. The van der Waals surface area contributed by atoms with Crippen LogP contribution in [-0.2, 0) is 13.1 Å². The van der Waals surface area contributed by atoms with E-state index in [1.165, 1.54) is 23.3 Å². The summed E-state index contributed by atoms with van der Waals surface area (Å²) in [7, 11) is 1.76. The Balaban J connectivity index is 0.00000208. The van der Waals surface area contributed by atoms with E-state index in [-0.39, 0.29) is 12.4 Å². The molecule has 0 bridgehead atoms. The minimum absolute atomic E-state index is 0. The maximum atomic E-state index is 5.54. The number of hydrogen-bond acceptors (Lipinski definition) is 4. The fraction of sp³-hybridized carbons (Fsp3) is 0.474. The van der Waals surface area contributed by atoms with Crippen LogP contribution in [0.4, 0.5) is 0 Å². The summed E-state index contributed by atoms with van der Waals surface area (Å²) in [6, 6.07) is 12.8. The van der Waals surface area contributed by atoms with Gasteiger partial charge in [0.05, 0.1) is 7.11 Å². The number of ether oxygens (including phenoxy) is 1. The van der Waals surface area contributed by atoms with Crippen LogP contribution in [0, 0.1) is 5.92 Å². The molecule has 1 saturated heterocycles. The Bertz CT molecular complexity index is 585. The van der Waals surface area contributed by atoms with Crippen LogP contribution in [0.2, 0.25) is 0 Å². The molecule has 2 aromatic rings. The van der Waals surface area contributed by atoms with Gasteiger partial charge in [0.2, 0.25) is 0 Å². The third-order valence-electron chi connectivity index (χ3n) is 4.52. The summed E-state index contributed by atoms with van der Waals surface area (Å²) in [5.41, 5.74) is 1.28. The zero-order chi connectivity index (χ0) is 15.9. The van der Waals surface area contributed by atoms with E-state index in [4.69, 9.17) is 4.74 Å². The second kappa shape index (κ2) is 10.0. The molecule has 1 aliphatic rings. The number of halogens is 1. The van der Waals surface area contributed by atoms with Crippen LogP contribution in [0.25, 0.3) is 0 Å². The van der Waals surface area contributed by atoms with Gasteiger partial charge in [0.1, 0.15) is 5.75 Å². The second-order valence-corrected chi connectivity index (χ2v) is 7.29. The van der Waals surface area contributed by atoms with Gasteiger partial charge in [-0.2, -0.15) is 0 Å². The molecule has 2 heterocycles. The van der Waals surface area contributed by atoms with Crippen LogP contribution < -0.4 is 10.1 Å². The van der Waals surface area contributed by atoms with Crippen LogP contribution in [0.5, 0.6) is 5.75 Å². The van der Waals surface area contributed by atoms with E-state index in [0.717, 1.165) is 44.4 Å². The Hall–Kier alpha value is -1.07. The molecule has 3 nitrogen and oxygen atoms in total. The molecule has 5 heteroatoms. The molecule has 0 atom stereocenters. The second-order valence-electron chi connectivity index (χ2n) is 6.25. The molecule has 0 amide bonds. The molecule has 1 fully saturated rings. The van der Waals surface area contributed by atoms with E-state index < -0.39 is 0 Å². The number of nitrogens with one attached hydrogen (secondary N) is 1. The third-order valence-corrected chi connectivity index (χ3v) is 5.38. The van der Waals surface area contributed by atoms with Crippen molar-refractivity contribution in [1.82, 2.24) is 10.2 Å². The van der Waals surface area contributed by atoms with Crippen molar-refractivity contribution in [2.45, 2.75) is 25.9 Å². The van der Waals surface area contributed by atoms with E-state index in [1.54, 1.807) is 7.11 Å². The van der Waals surface area contributed by atoms with E-state index in [9.17, 15) is 0 Å². The average Bonchev–Trinajstić information content (AvgIpc) is 3.09. The molecule has 3 rings (SSSR count). The number of benzene rings is 1. The van der Waals surface area contributed by atoms with Gasteiger partial charge in [-0.1, -0.05) is 24.3 Å². The summed E-state index contributed by atoms with van der Waals surface area (Å²) < 4.78 is 5.54. The van der Waals surface area contributed by atoms with Crippen molar-refractivity contribution in [1.29, 1.82) is 0 Å². The Morgan fingerprint density at radius 3 is 2.62 bits per heavy atom. The van der Waals surface area contributed by atoms with Crippen LogP contribution in [0.15, 0.2) is 41.8 Å². The first-order valence-electron chi connectivity index (χ1n) is 8.42. The van der Waals surface area contributed by atoms with Gasteiger partial charge in [-0.25, -0.2) is 0 Å². The molecule has 1 N–H and O–H groups in total. The average molecular weight is 367 g/mol. The molecule has 0 saturated carbocycles. The van der Waals surface area contributed by atoms with E-state index in [2.05, 4.69) is 45.9 Å². The van der Waals surface area contributed by atoms with Gasteiger partial charge in [-0.05, 0) is 49.4 Å². The maximum Gasteiger partial charge on any atom is 0.123 e. The molecular formula is C19H27ClN2OS. The van der Waals surface area contributed by atoms with Crippen LogP contribution >= 0.6 is 23.7 Å². The van der Waals surface area contributed by atoms with E-state index in [0.29, 0.717) is 0 Å². The van der Waals surface area contributed by atoms with Gasteiger partial charge in [0.15, 0.2) is 0 Å². The van der Waals surface area contributed by atoms with Gasteiger partial charge < -0.3 is 10.1 Å². The summed E-state index contributed by atoms with van der Waals surface area (Å²) in [4.78, 5) is 4.02. The van der Waals surface area contributed by atoms with Gasteiger partial charge >= 0.3 is 0 Å². The molecule has 24 heavy (non-hydrogen) atoms. The molecule has 0 aliphatic carbocycles. The lowest BCUT2D eigenvalue weighted by atomic mass is 9.97. The van der Waals surface area contributed by atoms with E-state index in [1.807, 2.05) is 17.4 Å². The summed E-state index contributed by atoms with van der Waals surface area (Å²) in [6.07, 6.45) is 2.57. The first-order valence-corrected chi connectivity index (χ1v) is 9.30. The number of thiophene rings is 1. The van der Waals surface area contributed by atoms with Crippen LogP contribution in [-0.4, -0.2) is 31.6 Å². The summed E-state index contributed by atoms with van der Waals surface area (Å²) in [5.74, 6) is 1.79. The van der Waals surface area contributed by atoms with Crippen LogP contribution in [0.3, 0.4) is 0 Å². The Morgan fingerprint density at radius 1 is 1.12 bits per heavy atom. The molecule has 1 aromatic heterocycles. The number of nitrogens with zero attached hydrogens (tertiary/aromatic N) is 1. The Kier molecular flexibility index (Phi) is 8.06. The van der Waals surface area contributed by atoms with Crippen LogP contribution in [0.1, 0.15) is 23.3 Å². The molecule has 132 valence electrons. The Labute approximate surface area is 155 Å². The quantitative estimate of drug-likeness (QED) is 0.795. The predicted octanol–water partition coefficient (Wildman–Crippen LogP) is 4.18. The number of piperidine rings is 1.